The van der Waals surface area contributed by atoms with Gasteiger partial charge in [-0.3, -0.25) is 0 Å². The number of rotatable bonds is 4. The Kier molecular flexibility index (Phi) is 4.85. The van der Waals surface area contributed by atoms with Crippen LogP contribution in [0.25, 0.3) is 10.8 Å². The van der Waals surface area contributed by atoms with E-state index < -0.39 is 11.9 Å². The zero-order valence-corrected chi connectivity index (χ0v) is 14.9. The Labute approximate surface area is 162 Å². The molecular formula is C24H16O4. The van der Waals surface area contributed by atoms with Crippen molar-refractivity contribution in [1.82, 2.24) is 0 Å². The summed E-state index contributed by atoms with van der Waals surface area (Å²) in [6, 6.07) is 28.3. The Hall–Kier alpha value is -3.92. The fourth-order valence-corrected chi connectivity index (χ4v) is 2.81. The maximum atomic E-state index is 12.2. The fraction of sp³-hybridized carbons (Fsp3) is 0. The average molecular weight is 368 g/mol. The second-order valence-electron chi connectivity index (χ2n) is 6.18. The normalized spacial score (nSPS) is 10.4. The van der Waals surface area contributed by atoms with Crippen LogP contribution in [0.15, 0.2) is 97.1 Å². The van der Waals surface area contributed by atoms with Gasteiger partial charge in [0.25, 0.3) is 0 Å². The third kappa shape index (κ3) is 3.91. The molecule has 0 heterocycles. The van der Waals surface area contributed by atoms with Gasteiger partial charge < -0.3 is 9.47 Å². The van der Waals surface area contributed by atoms with Crippen molar-refractivity contribution in [3.8, 4) is 11.5 Å². The van der Waals surface area contributed by atoms with Crippen molar-refractivity contribution in [3.63, 3.8) is 0 Å². The first kappa shape index (κ1) is 17.5. The summed E-state index contributed by atoms with van der Waals surface area (Å²) in [5.74, 6) is 0.0903. The highest BCUT2D eigenvalue weighted by Gasteiger charge is 2.10. The molecule has 0 aliphatic carbocycles. The second-order valence-corrected chi connectivity index (χ2v) is 6.18. The lowest BCUT2D eigenvalue weighted by Gasteiger charge is -2.08. The minimum absolute atomic E-state index is 0.409. The van der Waals surface area contributed by atoms with Crippen LogP contribution in [0.2, 0.25) is 0 Å². The van der Waals surface area contributed by atoms with Crippen LogP contribution < -0.4 is 9.47 Å². The zero-order valence-electron chi connectivity index (χ0n) is 14.9. The summed E-state index contributed by atoms with van der Waals surface area (Å²) < 4.78 is 10.9. The van der Waals surface area contributed by atoms with E-state index in [0.717, 1.165) is 10.8 Å². The molecule has 4 rings (SSSR count). The number of esters is 2. The van der Waals surface area contributed by atoms with Gasteiger partial charge >= 0.3 is 11.9 Å². The first-order chi connectivity index (χ1) is 13.7. The van der Waals surface area contributed by atoms with Crippen molar-refractivity contribution >= 4 is 22.7 Å². The lowest BCUT2D eigenvalue weighted by Crippen LogP contribution is -2.08. The van der Waals surface area contributed by atoms with Crippen LogP contribution in [-0.2, 0) is 0 Å². The molecule has 4 nitrogen and oxygen atoms in total. The summed E-state index contributed by atoms with van der Waals surface area (Å²) >= 11 is 0. The molecule has 0 radical (unpaired) electrons. The van der Waals surface area contributed by atoms with E-state index in [4.69, 9.17) is 9.47 Å². The Morgan fingerprint density at radius 1 is 0.500 bits per heavy atom. The first-order valence-corrected chi connectivity index (χ1v) is 8.77. The highest BCUT2D eigenvalue weighted by atomic mass is 16.5. The van der Waals surface area contributed by atoms with Crippen molar-refractivity contribution in [2.24, 2.45) is 0 Å². The Morgan fingerprint density at radius 2 is 0.893 bits per heavy atom. The van der Waals surface area contributed by atoms with Gasteiger partial charge in [0.15, 0.2) is 0 Å². The van der Waals surface area contributed by atoms with Gasteiger partial charge in [0.2, 0.25) is 0 Å². The van der Waals surface area contributed by atoms with Crippen molar-refractivity contribution in [2.45, 2.75) is 0 Å². The lowest BCUT2D eigenvalue weighted by molar-refractivity contribution is 0.0725. The average Bonchev–Trinajstić information content (AvgIpc) is 2.75. The molecule has 136 valence electrons. The van der Waals surface area contributed by atoms with Crippen LogP contribution in [-0.4, -0.2) is 11.9 Å². The van der Waals surface area contributed by atoms with Crippen LogP contribution in [0, 0.1) is 0 Å². The van der Waals surface area contributed by atoms with E-state index in [1.807, 2.05) is 24.3 Å². The van der Waals surface area contributed by atoms with Gasteiger partial charge in [0.1, 0.15) is 11.5 Å². The van der Waals surface area contributed by atoms with Gasteiger partial charge in [-0.15, -0.1) is 0 Å². The van der Waals surface area contributed by atoms with E-state index in [0.29, 0.717) is 22.6 Å². The monoisotopic (exact) mass is 368 g/mol. The summed E-state index contributed by atoms with van der Waals surface area (Å²) in [5, 5.41) is 1.75. The fourth-order valence-electron chi connectivity index (χ4n) is 2.81. The van der Waals surface area contributed by atoms with Crippen molar-refractivity contribution in [2.75, 3.05) is 0 Å². The summed E-state index contributed by atoms with van der Waals surface area (Å²) in [5.41, 5.74) is 0.983. The largest absolute Gasteiger partial charge is 0.423 e. The van der Waals surface area contributed by atoms with Gasteiger partial charge in [-0.1, -0.05) is 48.5 Å². The smallest absolute Gasteiger partial charge is 0.343 e. The van der Waals surface area contributed by atoms with Gasteiger partial charge in [-0.25, -0.2) is 9.59 Å². The number of ether oxygens (including phenoxy) is 2. The molecule has 0 N–H and O–H groups in total. The third-order valence-corrected chi connectivity index (χ3v) is 4.22. The molecule has 0 aliphatic rings. The Morgan fingerprint density at radius 3 is 1.29 bits per heavy atom. The molecule has 0 bridgehead atoms. The quantitative estimate of drug-likeness (QED) is 0.363. The van der Waals surface area contributed by atoms with Crippen LogP contribution >= 0.6 is 0 Å². The molecule has 0 amide bonds. The zero-order chi connectivity index (χ0) is 19.3. The predicted molar refractivity (Wildman–Crippen MR) is 107 cm³/mol. The number of hydrogen-bond donors (Lipinski definition) is 0. The molecule has 4 aromatic rings. The molecule has 0 unspecified atom stereocenters. The summed E-state index contributed by atoms with van der Waals surface area (Å²) in [6.45, 7) is 0. The molecule has 28 heavy (non-hydrogen) atoms. The number of hydrogen-bond acceptors (Lipinski definition) is 4. The van der Waals surface area contributed by atoms with Gasteiger partial charge in [0.05, 0.1) is 11.1 Å². The molecular weight excluding hydrogens is 352 g/mol. The molecule has 0 spiro atoms. The van der Waals surface area contributed by atoms with E-state index >= 15 is 0 Å². The Bertz CT molecular complexity index is 1040. The van der Waals surface area contributed by atoms with Crippen molar-refractivity contribution in [3.05, 3.63) is 108 Å². The maximum absolute atomic E-state index is 12.2. The molecule has 4 heteroatoms. The number of carbonyl (C=O) groups excluding carboxylic acids is 2. The predicted octanol–water partition coefficient (Wildman–Crippen LogP) is 5.28. The highest BCUT2D eigenvalue weighted by molar-refractivity contribution is 5.93. The molecule has 0 fully saturated rings. The Balaban J connectivity index is 1.51. The minimum atomic E-state index is -0.409. The summed E-state index contributed by atoms with van der Waals surface area (Å²) in [7, 11) is 0. The van der Waals surface area contributed by atoms with Crippen molar-refractivity contribution in [1.29, 1.82) is 0 Å². The molecule has 0 saturated heterocycles. The maximum Gasteiger partial charge on any atom is 0.343 e. The van der Waals surface area contributed by atoms with E-state index in [9.17, 15) is 9.59 Å². The summed E-state index contributed by atoms with van der Waals surface area (Å²) in [6.07, 6.45) is 0. The lowest BCUT2D eigenvalue weighted by atomic mass is 10.1. The van der Waals surface area contributed by atoms with Crippen LogP contribution in [0.5, 0.6) is 11.5 Å². The molecule has 0 atom stereocenters. The molecule has 0 aromatic heterocycles. The number of fused-ring (bicyclic) bond motifs is 1. The molecule has 4 aromatic carbocycles. The van der Waals surface area contributed by atoms with Gasteiger partial charge in [0, 0.05) is 0 Å². The van der Waals surface area contributed by atoms with E-state index in [-0.39, 0.29) is 0 Å². The standard InChI is InChI=1S/C24H16O4/c25-23(17-7-3-1-4-8-17)27-21-13-11-20-16-22(14-12-19(20)15-21)28-24(26)18-9-5-2-6-10-18/h1-16H. The minimum Gasteiger partial charge on any atom is -0.423 e. The van der Waals surface area contributed by atoms with Crippen LogP contribution in [0.1, 0.15) is 20.7 Å². The third-order valence-electron chi connectivity index (χ3n) is 4.22. The summed E-state index contributed by atoms with van der Waals surface area (Å²) in [4.78, 5) is 24.4. The molecule has 0 saturated carbocycles. The SMILES string of the molecule is O=C(Oc1ccc2cc(OC(=O)c3ccccc3)ccc2c1)c1ccccc1. The van der Waals surface area contributed by atoms with Crippen LogP contribution in [0.3, 0.4) is 0 Å². The van der Waals surface area contributed by atoms with E-state index in [2.05, 4.69) is 0 Å². The topological polar surface area (TPSA) is 52.6 Å². The van der Waals surface area contributed by atoms with E-state index in [1.165, 1.54) is 0 Å². The first-order valence-electron chi connectivity index (χ1n) is 8.77. The second kappa shape index (κ2) is 7.76. The molecule has 0 aliphatic heterocycles. The van der Waals surface area contributed by atoms with Gasteiger partial charge in [-0.2, -0.15) is 0 Å². The van der Waals surface area contributed by atoms with Gasteiger partial charge in [-0.05, 0) is 59.3 Å². The van der Waals surface area contributed by atoms with Crippen molar-refractivity contribution < 1.29 is 19.1 Å². The van der Waals surface area contributed by atoms with E-state index in [1.54, 1.807) is 72.8 Å². The number of benzene rings is 4. The van der Waals surface area contributed by atoms with Crippen LogP contribution in [0.4, 0.5) is 0 Å². The number of carbonyl (C=O) groups is 2. The highest BCUT2D eigenvalue weighted by Crippen LogP contribution is 2.26.